The van der Waals surface area contributed by atoms with E-state index in [-0.39, 0.29) is 12.0 Å². The number of rotatable bonds is 5. The third-order valence-electron chi connectivity index (χ3n) is 5.37. The van der Waals surface area contributed by atoms with Crippen molar-refractivity contribution in [1.29, 1.82) is 0 Å². The molecule has 0 fully saturated rings. The van der Waals surface area contributed by atoms with E-state index in [4.69, 9.17) is 23.2 Å². The second kappa shape index (κ2) is 9.70. The molecule has 0 aliphatic carbocycles. The number of hydrogen-bond donors (Lipinski definition) is 0. The van der Waals surface area contributed by atoms with Gasteiger partial charge < -0.3 is 5.21 Å². The van der Waals surface area contributed by atoms with E-state index in [1.807, 2.05) is 54.6 Å². The molecular formula is C27H18Cl2N4O2. The normalized spacial score (nSPS) is 11.4. The molecule has 6 nitrogen and oxygen atoms in total. The summed E-state index contributed by atoms with van der Waals surface area (Å²) in [5.74, 6) is 0. The van der Waals surface area contributed by atoms with Gasteiger partial charge in [0, 0.05) is 34.3 Å². The maximum atomic E-state index is 13.6. The van der Waals surface area contributed by atoms with Crippen molar-refractivity contribution in [2.24, 2.45) is 0 Å². The molecule has 0 amide bonds. The van der Waals surface area contributed by atoms with Crippen molar-refractivity contribution in [2.75, 3.05) is 0 Å². The van der Waals surface area contributed by atoms with Crippen LogP contribution in [0, 0.1) is 5.21 Å². The quantitative estimate of drug-likeness (QED) is 0.182. The lowest BCUT2D eigenvalue weighted by atomic mass is 10.1. The molecule has 3 heterocycles. The van der Waals surface area contributed by atoms with Crippen molar-refractivity contribution >= 4 is 46.5 Å². The Morgan fingerprint density at radius 2 is 1.74 bits per heavy atom. The predicted molar refractivity (Wildman–Crippen MR) is 139 cm³/mol. The molecular weight excluding hydrogens is 483 g/mol. The molecule has 0 atom stereocenters. The Labute approximate surface area is 211 Å². The molecule has 5 rings (SSSR count). The maximum absolute atomic E-state index is 13.6. The number of hydrogen-bond acceptors (Lipinski definition) is 4. The van der Waals surface area contributed by atoms with Gasteiger partial charge in [-0.1, -0.05) is 47.5 Å². The Bertz CT molecular complexity index is 1630. The van der Waals surface area contributed by atoms with Crippen LogP contribution in [0.5, 0.6) is 0 Å². The van der Waals surface area contributed by atoms with Gasteiger partial charge in [-0.3, -0.25) is 9.36 Å². The van der Waals surface area contributed by atoms with Crippen molar-refractivity contribution in [2.45, 2.75) is 6.42 Å². The molecule has 8 heteroatoms. The van der Waals surface area contributed by atoms with Crippen LogP contribution < -0.4 is 10.3 Å². The average molecular weight is 501 g/mol. The van der Waals surface area contributed by atoms with Crippen LogP contribution in [0.2, 0.25) is 10.0 Å². The summed E-state index contributed by atoms with van der Waals surface area (Å²) in [6, 6.07) is 19.9. The van der Waals surface area contributed by atoms with Gasteiger partial charge in [-0.15, -0.1) is 0 Å². The molecule has 0 unspecified atom stereocenters. The fraction of sp³-hybridized carbons (Fsp3) is 0.0370. The third kappa shape index (κ3) is 5.09. The number of aromatic nitrogens is 4. The standard InChI is InChI=1S/C27H18Cl2N4O2/c28-21-12-19(13-22(29)16-21)9-8-18-4-1-6-23(14-18)33-26-24(7-2-10-30-26)31-25(27(33)34)15-20-5-3-11-32(35)17-20/h1-14,16-17H,15H2/b9-8+. The van der Waals surface area contributed by atoms with Gasteiger partial charge in [0.05, 0.1) is 5.69 Å². The first kappa shape index (κ1) is 22.8. The molecule has 5 aromatic rings. The minimum Gasteiger partial charge on any atom is -0.619 e. The van der Waals surface area contributed by atoms with E-state index in [0.717, 1.165) is 11.1 Å². The Balaban J connectivity index is 1.59. The molecule has 0 N–H and O–H groups in total. The van der Waals surface area contributed by atoms with E-state index in [9.17, 15) is 10.0 Å². The minimum absolute atomic E-state index is 0.224. The lowest BCUT2D eigenvalue weighted by Gasteiger charge is -2.12. The van der Waals surface area contributed by atoms with E-state index < -0.39 is 0 Å². The largest absolute Gasteiger partial charge is 0.619 e. The Kier molecular flexibility index (Phi) is 6.31. The number of nitrogens with zero attached hydrogens (tertiary/aromatic N) is 4. The number of benzene rings is 2. The zero-order valence-electron chi connectivity index (χ0n) is 18.3. The Morgan fingerprint density at radius 1 is 0.943 bits per heavy atom. The summed E-state index contributed by atoms with van der Waals surface area (Å²) >= 11 is 12.2. The second-order valence-corrected chi connectivity index (χ2v) is 8.80. The number of fused-ring (bicyclic) bond motifs is 1. The third-order valence-corrected chi connectivity index (χ3v) is 5.81. The van der Waals surface area contributed by atoms with Crippen LogP contribution in [0.25, 0.3) is 29.0 Å². The lowest BCUT2D eigenvalue weighted by Crippen LogP contribution is -2.27. The van der Waals surface area contributed by atoms with E-state index >= 15 is 0 Å². The smallest absolute Gasteiger partial charge is 0.278 e. The van der Waals surface area contributed by atoms with Crippen molar-refractivity contribution < 1.29 is 4.73 Å². The average Bonchev–Trinajstić information content (AvgIpc) is 2.83. The summed E-state index contributed by atoms with van der Waals surface area (Å²) in [7, 11) is 0. The lowest BCUT2D eigenvalue weighted by molar-refractivity contribution is -0.605. The van der Waals surface area contributed by atoms with Crippen LogP contribution in [0.3, 0.4) is 0 Å². The van der Waals surface area contributed by atoms with Gasteiger partial charge in [0.25, 0.3) is 5.56 Å². The van der Waals surface area contributed by atoms with Crippen LogP contribution in [0.1, 0.15) is 22.4 Å². The molecule has 172 valence electrons. The first-order valence-electron chi connectivity index (χ1n) is 10.8. The van der Waals surface area contributed by atoms with Crippen LogP contribution in [-0.4, -0.2) is 14.5 Å². The van der Waals surface area contributed by atoms with Crippen LogP contribution in [0.15, 0.2) is 90.1 Å². The second-order valence-electron chi connectivity index (χ2n) is 7.93. The molecule has 0 spiro atoms. The zero-order chi connectivity index (χ0) is 24.4. The molecule has 0 radical (unpaired) electrons. The highest BCUT2D eigenvalue weighted by Gasteiger charge is 2.15. The van der Waals surface area contributed by atoms with Crippen molar-refractivity contribution in [1.82, 2.24) is 14.5 Å². The topological polar surface area (TPSA) is 74.7 Å². The Hall–Kier alpha value is -4.00. The summed E-state index contributed by atoms with van der Waals surface area (Å²) in [5, 5.41) is 12.8. The van der Waals surface area contributed by atoms with E-state index in [0.29, 0.717) is 42.9 Å². The van der Waals surface area contributed by atoms with Gasteiger partial charge in [-0.05, 0) is 59.7 Å². The fourth-order valence-electron chi connectivity index (χ4n) is 3.85. The van der Waals surface area contributed by atoms with Gasteiger partial charge >= 0.3 is 0 Å². The highest BCUT2D eigenvalue weighted by Crippen LogP contribution is 2.22. The summed E-state index contributed by atoms with van der Waals surface area (Å²) < 4.78 is 2.26. The zero-order valence-corrected chi connectivity index (χ0v) is 19.8. The van der Waals surface area contributed by atoms with Crippen molar-refractivity contribution in [3.8, 4) is 5.69 Å². The van der Waals surface area contributed by atoms with Gasteiger partial charge in [0.1, 0.15) is 11.2 Å². The highest BCUT2D eigenvalue weighted by atomic mass is 35.5. The summed E-state index contributed by atoms with van der Waals surface area (Å²) in [6.45, 7) is 0. The Morgan fingerprint density at radius 3 is 2.54 bits per heavy atom. The van der Waals surface area contributed by atoms with Gasteiger partial charge in [0.15, 0.2) is 18.0 Å². The first-order valence-corrected chi connectivity index (χ1v) is 11.5. The van der Waals surface area contributed by atoms with E-state index in [1.165, 1.54) is 12.4 Å². The summed E-state index contributed by atoms with van der Waals surface area (Å²) in [5.41, 5.74) is 4.16. The minimum atomic E-state index is -0.291. The SMILES string of the molecule is O=c1c(Cc2ccc[n+]([O-])c2)nc2cccnc2n1-c1cccc(/C=C/c2cc(Cl)cc(Cl)c2)c1. The van der Waals surface area contributed by atoms with Gasteiger partial charge in [-0.2, -0.15) is 4.73 Å². The molecule has 2 aromatic carbocycles. The monoisotopic (exact) mass is 500 g/mol. The van der Waals surface area contributed by atoms with Gasteiger partial charge in [-0.25, -0.2) is 9.97 Å². The fourth-order valence-corrected chi connectivity index (χ4v) is 4.39. The first-order chi connectivity index (χ1) is 17.0. The summed E-state index contributed by atoms with van der Waals surface area (Å²) in [4.78, 5) is 22.5. The summed E-state index contributed by atoms with van der Waals surface area (Å²) in [6.07, 6.45) is 8.51. The van der Waals surface area contributed by atoms with Crippen LogP contribution in [0.4, 0.5) is 0 Å². The van der Waals surface area contributed by atoms with Crippen LogP contribution in [-0.2, 0) is 6.42 Å². The molecule has 0 aliphatic heterocycles. The maximum Gasteiger partial charge on any atom is 0.278 e. The van der Waals surface area contributed by atoms with Gasteiger partial charge in [0.2, 0.25) is 0 Å². The highest BCUT2D eigenvalue weighted by molar-refractivity contribution is 6.34. The van der Waals surface area contributed by atoms with Crippen molar-refractivity contribution in [3.63, 3.8) is 0 Å². The molecule has 0 saturated heterocycles. The van der Waals surface area contributed by atoms with E-state index in [2.05, 4.69) is 9.97 Å². The van der Waals surface area contributed by atoms with E-state index in [1.54, 1.807) is 35.0 Å². The van der Waals surface area contributed by atoms with Crippen LogP contribution >= 0.6 is 23.2 Å². The molecule has 0 saturated carbocycles. The van der Waals surface area contributed by atoms with Crippen molar-refractivity contribution in [3.05, 3.63) is 133 Å². The molecule has 35 heavy (non-hydrogen) atoms. The molecule has 0 bridgehead atoms. The number of pyridine rings is 2. The predicted octanol–water partition coefficient (Wildman–Crippen LogP) is 5.48. The molecule has 3 aromatic heterocycles. The molecule has 0 aliphatic rings. The number of halogens is 2.